The lowest BCUT2D eigenvalue weighted by atomic mass is 9.96. The van der Waals surface area contributed by atoms with E-state index in [1.807, 2.05) is 0 Å². The van der Waals surface area contributed by atoms with Crippen LogP contribution < -0.4 is 0 Å². The summed E-state index contributed by atoms with van der Waals surface area (Å²) in [6.45, 7) is 1.46. The van der Waals surface area contributed by atoms with Crippen molar-refractivity contribution in [2.45, 2.75) is 61.3 Å². The van der Waals surface area contributed by atoms with Crippen LogP contribution in [0, 0.1) is 4.91 Å². The average molecular weight is 516 g/mol. The summed E-state index contributed by atoms with van der Waals surface area (Å²) >= 11 is 5.56. The van der Waals surface area contributed by atoms with Crippen molar-refractivity contribution in [3.63, 3.8) is 0 Å². The molecular weight excluding hydrogens is 486 g/mol. The van der Waals surface area contributed by atoms with E-state index in [1.54, 1.807) is 0 Å². The van der Waals surface area contributed by atoms with Crippen molar-refractivity contribution in [3.8, 4) is 0 Å². The molecule has 2 fully saturated rings. The van der Waals surface area contributed by atoms with Crippen LogP contribution in [0.3, 0.4) is 0 Å². The summed E-state index contributed by atoms with van der Waals surface area (Å²) in [7, 11) is 0. The van der Waals surface area contributed by atoms with E-state index in [0.717, 1.165) is 4.90 Å². The molecule has 196 valence electrons. The first kappa shape index (κ1) is 28.7. The summed E-state index contributed by atoms with van der Waals surface area (Å²) in [6.07, 6.45) is -15.2. The van der Waals surface area contributed by atoms with Gasteiger partial charge in [0.2, 0.25) is 0 Å². The number of hydrogen-bond acceptors (Lipinski definition) is 13. The Morgan fingerprint density at radius 3 is 2.18 bits per heavy atom. The molecule has 0 saturated carbocycles. The van der Waals surface area contributed by atoms with Crippen molar-refractivity contribution < 1.29 is 54.8 Å². The van der Waals surface area contributed by atoms with E-state index in [-0.39, 0.29) is 19.0 Å². The van der Waals surface area contributed by atoms with E-state index < -0.39 is 80.6 Å². The fourth-order valence-corrected chi connectivity index (χ4v) is 3.82. The first-order valence-corrected chi connectivity index (χ1v) is 10.9. The van der Waals surface area contributed by atoms with Gasteiger partial charge in [0.1, 0.15) is 48.8 Å². The van der Waals surface area contributed by atoms with E-state index >= 15 is 0 Å². The lowest BCUT2D eigenvalue weighted by Gasteiger charge is -2.48. The van der Waals surface area contributed by atoms with Crippen molar-refractivity contribution in [1.82, 2.24) is 9.91 Å². The van der Waals surface area contributed by atoms with Crippen LogP contribution >= 0.6 is 11.6 Å². The van der Waals surface area contributed by atoms with Gasteiger partial charge in [-0.3, -0.25) is 4.90 Å². The zero-order valence-electron chi connectivity index (χ0n) is 18.0. The van der Waals surface area contributed by atoms with Crippen LogP contribution in [-0.2, 0) is 14.2 Å². The van der Waals surface area contributed by atoms with Gasteiger partial charge in [-0.15, -0.1) is 23.1 Å². The molecule has 0 spiro atoms. The molecule has 2 heterocycles. The van der Waals surface area contributed by atoms with Gasteiger partial charge in [0.25, 0.3) is 0 Å². The number of aliphatic hydroxyl groups excluding tert-OH is 7. The minimum atomic E-state index is -1.86. The number of carbonyl (C=O) groups excluding carboxylic acids is 1. The summed E-state index contributed by atoms with van der Waals surface area (Å²) in [5.41, 5.74) is 0. The number of nitrogens with zero attached hydrogens (tertiary/aromatic N) is 3. The molecule has 2 amide bonds. The van der Waals surface area contributed by atoms with Crippen LogP contribution in [0.5, 0.6) is 0 Å². The van der Waals surface area contributed by atoms with Crippen molar-refractivity contribution in [1.29, 1.82) is 0 Å². The van der Waals surface area contributed by atoms with Gasteiger partial charge in [-0.1, -0.05) is 6.08 Å². The largest absolute Gasteiger partial charge is 0.394 e. The number of amides is 2. The molecule has 2 rings (SSSR count). The summed E-state index contributed by atoms with van der Waals surface area (Å²) in [4.78, 5) is 24.6. The fraction of sp³-hybridized carbons (Fsp3) is 0.833. The smallest absolute Gasteiger partial charge is 0.345 e. The van der Waals surface area contributed by atoms with Crippen LogP contribution in [-0.4, -0.2) is 145 Å². The maximum atomic E-state index is 12.7. The molecule has 0 aromatic carbocycles. The van der Waals surface area contributed by atoms with Gasteiger partial charge in [-0.05, 0) is 0 Å². The summed E-state index contributed by atoms with van der Waals surface area (Å²) in [6, 6.07) is -1.02. The Balaban J connectivity index is 2.24. The van der Waals surface area contributed by atoms with Gasteiger partial charge in [-0.2, -0.15) is 5.01 Å². The maximum absolute atomic E-state index is 12.7. The van der Waals surface area contributed by atoms with Gasteiger partial charge >= 0.3 is 6.03 Å². The van der Waals surface area contributed by atoms with E-state index in [9.17, 15) is 45.4 Å². The Morgan fingerprint density at radius 2 is 1.65 bits per heavy atom. The van der Waals surface area contributed by atoms with E-state index in [2.05, 4.69) is 11.9 Å². The predicted octanol–water partition coefficient (Wildman–Crippen LogP) is -3.56. The average Bonchev–Trinajstić information content (AvgIpc) is 2.84. The van der Waals surface area contributed by atoms with Crippen LogP contribution in [0.1, 0.15) is 0 Å². The first-order valence-electron chi connectivity index (χ1n) is 10.3. The van der Waals surface area contributed by atoms with Gasteiger partial charge < -0.3 is 50.0 Å². The first-order chi connectivity index (χ1) is 16.2. The molecule has 0 aromatic rings. The normalized spacial score (nSPS) is 38.2. The van der Waals surface area contributed by atoms with E-state index in [4.69, 9.17) is 25.8 Å². The Kier molecular flexibility index (Phi) is 11.0. The molecule has 0 aromatic heterocycles. The number of carbonyl (C=O) groups is 1. The Labute approximate surface area is 199 Å². The van der Waals surface area contributed by atoms with Crippen molar-refractivity contribution in [2.75, 3.05) is 32.2 Å². The molecule has 2 aliphatic rings. The molecule has 2 aliphatic heterocycles. The van der Waals surface area contributed by atoms with Crippen molar-refractivity contribution in [3.05, 3.63) is 17.6 Å². The van der Waals surface area contributed by atoms with Crippen molar-refractivity contribution >= 4 is 17.6 Å². The van der Waals surface area contributed by atoms with Crippen LogP contribution in [0.2, 0.25) is 0 Å². The third-order valence-corrected chi connectivity index (χ3v) is 5.64. The standard InChI is InChI=1S/C18H30ClN3O12/c1-2-4-21(18(30)22(20-31)5-3-19)16-13(28)12(27)15(9(7-24)32-16)34-17-14(29)11(26)10(25)8(6-23)33-17/h2,8-17,23-29H,1,3-7H2/t8-,9-,10-,11+,12-,13-,14-,15-,16?,17-/m1/s1. The fourth-order valence-electron chi connectivity index (χ4n) is 3.66. The number of hydrogen-bond donors (Lipinski definition) is 7. The Morgan fingerprint density at radius 1 is 1.00 bits per heavy atom. The van der Waals surface area contributed by atoms with Gasteiger partial charge in [0, 0.05) is 12.4 Å². The highest BCUT2D eigenvalue weighted by Gasteiger charge is 2.52. The topological polar surface area (TPSA) is 222 Å². The van der Waals surface area contributed by atoms with Gasteiger partial charge in [0.15, 0.2) is 12.5 Å². The highest BCUT2D eigenvalue weighted by atomic mass is 35.5. The molecule has 34 heavy (non-hydrogen) atoms. The minimum absolute atomic E-state index is 0.121. The number of halogens is 1. The number of rotatable bonds is 10. The second-order valence-corrected chi connectivity index (χ2v) is 8.02. The Bertz CT molecular complexity index is 689. The molecule has 10 atom stereocenters. The quantitative estimate of drug-likeness (QED) is 0.0649. The van der Waals surface area contributed by atoms with Crippen LogP contribution in [0.4, 0.5) is 4.79 Å². The molecule has 7 N–H and O–H groups in total. The highest BCUT2D eigenvalue weighted by Crippen LogP contribution is 2.30. The Hall–Kier alpha value is -1.50. The molecule has 2 saturated heterocycles. The lowest BCUT2D eigenvalue weighted by Crippen LogP contribution is -2.67. The SMILES string of the molecule is C=CCN(C(=O)N(CCCl)N=O)C1O[C@H](CO)[C@@H](O[C@H]2O[C@H](CO)[C@@H](O)[C@H](O)[C@H]2O)[C@H](O)[C@H]1O. The zero-order valence-corrected chi connectivity index (χ0v) is 18.7. The molecule has 0 bridgehead atoms. The molecule has 15 nitrogen and oxygen atoms in total. The predicted molar refractivity (Wildman–Crippen MR) is 112 cm³/mol. The minimum Gasteiger partial charge on any atom is -0.394 e. The number of ether oxygens (including phenoxy) is 3. The summed E-state index contributed by atoms with van der Waals surface area (Å²) in [5.74, 6) is -0.121. The van der Waals surface area contributed by atoms with Crippen LogP contribution in [0.25, 0.3) is 0 Å². The number of alkyl halides is 1. The second kappa shape index (κ2) is 13.0. The van der Waals surface area contributed by atoms with Gasteiger partial charge in [0.05, 0.1) is 25.0 Å². The highest BCUT2D eigenvalue weighted by molar-refractivity contribution is 6.18. The molecule has 0 radical (unpaired) electrons. The molecule has 0 aliphatic carbocycles. The summed E-state index contributed by atoms with van der Waals surface area (Å²) < 4.78 is 16.3. The molecular formula is C18H30ClN3O12. The van der Waals surface area contributed by atoms with Crippen molar-refractivity contribution in [2.24, 2.45) is 5.29 Å². The molecule has 16 heteroatoms. The third-order valence-electron chi connectivity index (χ3n) is 5.47. The number of urea groups is 1. The van der Waals surface area contributed by atoms with Crippen LogP contribution in [0.15, 0.2) is 17.9 Å². The number of nitroso groups, excluding NO2 is 1. The van der Waals surface area contributed by atoms with E-state index in [0.29, 0.717) is 5.01 Å². The van der Waals surface area contributed by atoms with Gasteiger partial charge in [-0.25, -0.2) is 4.79 Å². The second-order valence-electron chi connectivity index (χ2n) is 7.64. The monoisotopic (exact) mass is 515 g/mol. The lowest BCUT2D eigenvalue weighted by molar-refractivity contribution is -0.347. The number of aliphatic hydroxyl groups is 7. The third kappa shape index (κ3) is 6.00. The maximum Gasteiger partial charge on any atom is 0.345 e. The summed E-state index contributed by atoms with van der Waals surface area (Å²) in [5, 5.41) is 73.6. The zero-order chi connectivity index (χ0) is 25.6. The molecule has 1 unspecified atom stereocenters. The van der Waals surface area contributed by atoms with E-state index in [1.165, 1.54) is 6.08 Å².